The monoisotopic (exact) mass is 236 g/mol. The SMILES string of the molecule is CCNCCN(C)C12CC3CC(CC(C3)C1)C2. The van der Waals surface area contributed by atoms with Crippen LogP contribution in [0, 0.1) is 17.8 Å². The van der Waals surface area contributed by atoms with Crippen LogP contribution in [0.4, 0.5) is 0 Å². The van der Waals surface area contributed by atoms with Gasteiger partial charge in [0.2, 0.25) is 0 Å². The van der Waals surface area contributed by atoms with E-state index in [1.807, 2.05) is 0 Å². The Morgan fingerprint density at radius 3 is 2.06 bits per heavy atom. The van der Waals surface area contributed by atoms with Gasteiger partial charge in [-0.2, -0.15) is 0 Å². The number of rotatable bonds is 5. The molecule has 0 spiro atoms. The molecule has 4 bridgehead atoms. The van der Waals surface area contributed by atoms with Crippen molar-refractivity contribution in [2.75, 3.05) is 26.7 Å². The Morgan fingerprint density at radius 1 is 1.06 bits per heavy atom. The lowest BCUT2D eigenvalue weighted by Crippen LogP contribution is -2.59. The summed E-state index contributed by atoms with van der Waals surface area (Å²) in [5, 5.41) is 3.47. The lowest BCUT2D eigenvalue weighted by Gasteiger charge is -2.60. The van der Waals surface area contributed by atoms with Crippen LogP contribution in [0.25, 0.3) is 0 Å². The normalized spacial score (nSPS) is 43.6. The molecule has 0 amide bonds. The van der Waals surface area contributed by atoms with Crippen molar-refractivity contribution in [3.05, 3.63) is 0 Å². The zero-order chi connectivity index (χ0) is 11.9. The van der Waals surface area contributed by atoms with E-state index in [2.05, 4.69) is 24.2 Å². The molecule has 1 N–H and O–H groups in total. The fourth-order valence-corrected chi connectivity index (χ4v) is 5.19. The Morgan fingerprint density at radius 2 is 1.59 bits per heavy atom. The summed E-state index contributed by atoms with van der Waals surface area (Å²) in [6.45, 7) is 5.70. The van der Waals surface area contributed by atoms with E-state index in [0.717, 1.165) is 30.8 Å². The smallest absolute Gasteiger partial charge is 0.0215 e. The van der Waals surface area contributed by atoms with Crippen LogP contribution in [0.15, 0.2) is 0 Å². The van der Waals surface area contributed by atoms with Gasteiger partial charge in [0.05, 0.1) is 0 Å². The highest BCUT2D eigenvalue weighted by Crippen LogP contribution is 2.57. The molecule has 0 atom stereocenters. The predicted molar refractivity (Wildman–Crippen MR) is 72.1 cm³/mol. The van der Waals surface area contributed by atoms with Gasteiger partial charge >= 0.3 is 0 Å². The van der Waals surface area contributed by atoms with Crippen LogP contribution in [0.1, 0.15) is 45.4 Å². The largest absolute Gasteiger partial charge is 0.316 e. The molecule has 0 unspecified atom stereocenters. The first-order valence-corrected chi connectivity index (χ1v) is 7.64. The van der Waals surface area contributed by atoms with Crippen molar-refractivity contribution in [2.24, 2.45) is 17.8 Å². The topological polar surface area (TPSA) is 15.3 Å². The van der Waals surface area contributed by atoms with Crippen LogP contribution in [0.5, 0.6) is 0 Å². The molecule has 0 aromatic rings. The fourth-order valence-electron chi connectivity index (χ4n) is 5.19. The van der Waals surface area contributed by atoms with E-state index in [4.69, 9.17) is 0 Å². The average molecular weight is 236 g/mol. The summed E-state index contributed by atoms with van der Waals surface area (Å²) in [5.74, 6) is 3.22. The van der Waals surface area contributed by atoms with Gasteiger partial charge in [0, 0.05) is 18.6 Å². The number of nitrogens with one attached hydrogen (secondary N) is 1. The molecule has 0 heterocycles. The molecule has 0 aromatic heterocycles. The summed E-state index contributed by atoms with van der Waals surface area (Å²) in [6.07, 6.45) is 9.17. The second kappa shape index (κ2) is 4.55. The Hall–Kier alpha value is -0.0800. The van der Waals surface area contributed by atoms with Gasteiger partial charge in [0.15, 0.2) is 0 Å². The van der Waals surface area contributed by atoms with Crippen LogP contribution < -0.4 is 5.32 Å². The van der Waals surface area contributed by atoms with E-state index in [1.165, 1.54) is 25.8 Å². The second-order valence-corrected chi connectivity index (χ2v) is 6.92. The molecule has 4 aliphatic carbocycles. The van der Waals surface area contributed by atoms with Crippen LogP contribution in [0.2, 0.25) is 0 Å². The summed E-state index contributed by atoms with van der Waals surface area (Å²) in [5.41, 5.74) is 0.601. The summed E-state index contributed by atoms with van der Waals surface area (Å²) >= 11 is 0. The summed E-state index contributed by atoms with van der Waals surface area (Å²) in [4.78, 5) is 2.71. The lowest BCUT2D eigenvalue weighted by atomic mass is 9.52. The average Bonchev–Trinajstić information content (AvgIpc) is 2.27. The van der Waals surface area contributed by atoms with Crippen LogP contribution in [-0.4, -0.2) is 37.1 Å². The molecule has 4 saturated carbocycles. The van der Waals surface area contributed by atoms with E-state index < -0.39 is 0 Å². The Bertz CT molecular complexity index is 239. The molecule has 2 nitrogen and oxygen atoms in total. The highest BCUT2D eigenvalue weighted by molar-refractivity contribution is 5.06. The first-order chi connectivity index (χ1) is 8.22. The molecule has 4 fully saturated rings. The summed E-state index contributed by atoms with van der Waals surface area (Å²) in [7, 11) is 2.38. The van der Waals surface area contributed by atoms with Crippen molar-refractivity contribution in [3.63, 3.8) is 0 Å². The van der Waals surface area contributed by atoms with Gasteiger partial charge < -0.3 is 5.32 Å². The number of likely N-dealkylation sites (N-methyl/N-ethyl adjacent to an activating group) is 2. The molecule has 0 aliphatic heterocycles. The molecule has 0 radical (unpaired) electrons. The minimum absolute atomic E-state index is 0.601. The predicted octanol–water partition coefficient (Wildman–Crippen LogP) is 2.50. The number of hydrogen-bond donors (Lipinski definition) is 1. The van der Waals surface area contributed by atoms with Gasteiger partial charge in [-0.25, -0.2) is 0 Å². The van der Waals surface area contributed by atoms with Crippen LogP contribution in [0.3, 0.4) is 0 Å². The Labute approximate surface area is 106 Å². The van der Waals surface area contributed by atoms with Crippen molar-refractivity contribution in [3.8, 4) is 0 Å². The fraction of sp³-hybridized carbons (Fsp3) is 1.00. The minimum atomic E-state index is 0.601. The summed E-state index contributed by atoms with van der Waals surface area (Å²) in [6, 6.07) is 0. The Kier molecular flexibility index (Phi) is 3.20. The van der Waals surface area contributed by atoms with Crippen molar-refractivity contribution < 1.29 is 0 Å². The third-order valence-electron chi connectivity index (χ3n) is 5.69. The molecule has 4 aliphatic rings. The standard InChI is InChI=1S/C15H28N2/c1-3-16-4-5-17(2)15-9-12-6-13(10-15)8-14(7-12)11-15/h12-14,16H,3-11H2,1-2H3. The van der Waals surface area contributed by atoms with Gasteiger partial charge in [-0.05, 0) is 69.9 Å². The van der Waals surface area contributed by atoms with Crippen LogP contribution in [-0.2, 0) is 0 Å². The molecular weight excluding hydrogens is 208 g/mol. The van der Waals surface area contributed by atoms with E-state index in [0.29, 0.717) is 5.54 Å². The number of nitrogens with zero attached hydrogens (tertiary/aromatic N) is 1. The lowest BCUT2D eigenvalue weighted by molar-refractivity contribution is -0.0783. The highest BCUT2D eigenvalue weighted by Gasteiger charge is 2.52. The zero-order valence-electron chi connectivity index (χ0n) is 11.5. The van der Waals surface area contributed by atoms with E-state index >= 15 is 0 Å². The van der Waals surface area contributed by atoms with E-state index in [1.54, 1.807) is 19.3 Å². The van der Waals surface area contributed by atoms with Gasteiger partial charge in [-0.3, -0.25) is 4.90 Å². The Balaban J connectivity index is 1.64. The second-order valence-electron chi connectivity index (χ2n) is 6.92. The van der Waals surface area contributed by atoms with Gasteiger partial charge in [0.25, 0.3) is 0 Å². The molecular formula is C15H28N2. The molecule has 98 valence electrons. The van der Waals surface area contributed by atoms with Gasteiger partial charge in [-0.1, -0.05) is 6.92 Å². The van der Waals surface area contributed by atoms with Gasteiger partial charge in [-0.15, -0.1) is 0 Å². The molecule has 0 saturated heterocycles. The summed E-state index contributed by atoms with van der Waals surface area (Å²) < 4.78 is 0. The van der Waals surface area contributed by atoms with Crippen molar-refractivity contribution in [1.29, 1.82) is 0 Å². The van der Waals surface area contributed by atoms with Crippen LogP contribution >= 0.6 is 0 Å². The maximum absolute atomic E-state index is 3.47. The maximum atomic E-state index is 3.47. The first kappa shape index (κ1) is 12.0. The molecule has 0 aromatic carbocycles. The van der Waals surface area contributed by atoms with Gasteiger partial charge in [0.1, 0.15) is 0 Å². The molecule has 2 heteroatoms. The third-order valence-corrected chi connectivity index (χ3v) is 5.69. The minimum Gasteiger partial charge on any atom is -0.316 e. The molecule has 17 heavy (non-hydrogen) atoms. The van der Waals surface area contributed by atoms with Crippen molar-refractivity contribution in [1.82, 2.24) is 10.2 Å². The van der Waals surface area contributed by atoms with Crippen molar-refractivity contribution >= 4 is 0 Å². The zero-order valence-corrected chi connectivity index (χ0v) is 11.5. The quantitative estimate of drug-likeness (QED) is 0.738. The van der Waals surface area contributed by atoms with E-state index in [9.17, 15) is 0 Å². The van der Waals surface area contributed by atoms with Crippen molar-refractivity contribution in [2.45, 2.75) is 51.0 Å². The molecule has 4 rings (SSSR count). The third kappa shape index (κ3) is 2.15. The first-order valence-electron chi connectivity index (χ1n) is 7.64. The van der Waals surface area contributed by atoms with E-state index in [-0.39, 0.29) is 0 Å². The maximum Gasteiger partial charge on any atom is 0.0215 e. The highest BCUT2D eigenvalue weighted by atomic mass is 15.2. The number of hydrogen-bond acceptors (Lipinski definition) is 2.